The number of nitrogens with zero attached hydrogens (tertiary/aromatic N) is 3. The lowest BCUT2D eigenvalue weighted by Crippen LogP contribution is -1.87. The van der Waals surface area contributed by atoms with Gasteiger partial charge in [-0.3, -0.25) is 0 Å². The molecule has 5 nitrogen and oxygen atoms in total. The first-order chi connectivity index (χ1) is 8.24. The Hall–Kier alpha value is -2.14. The number of fused-ring (bicyclic) bond motifs is 1. The number of H-pyrrole nitrogens is 1. The molecule has 3 aromatic rings. The van der Waals surface area contributed by atoms with E-state index in [0.717, 1.165) is 11.1 Å². The molecule has 2 heterocycles. The van der Waals surface area contributed by atoms with Gasteiger partial charge in [0.2, 0.25) is 0 Å². The van der Waals surface area contributed by atoms with Crippen LogP contribution >= 0.6 is 11.6 Å². The maximum absolute atomic E-state index is 6.12. The first-order valence-electron chi connectivity index (χ1n) is 4.95. The number of benzene rings is 1. The van der Waals surface area contributed by atoms with Crippen LogP contribution in [0.3, 0.4) is 0 Å². The van der Waals surface area contributed by atoms with Gasteiger partial charge in [-0.25, -0.2) is 15.0 Å². The van der Waals surface area contributed by atoms with Crippen LogP contribution in [0.5, 0.6) is 0 Å². The van der Waals surface area contributed by atoms with Crippen LogP contribution in [0.2, 0.25) is 5.02 Å². The summed E-state index contributed by atoms with van der Waals surface area (Å²) in [7, 11) is 0. The lowest BCUT2D eigenvalue weighted by Gasteiger charge is -2.01. The Morgan fingerprint density at radius 3 is 2.94 bits per heavy atom. The zero-order valence-corrected chi connectivity index (χ0v) is 9.44. The Bertz CT molecular complexity index is 658. The number of nitrogens with one attached hydrogen (secondary N) is 1. The van der Waals surface area contributed by atoms with Gasteiger partial charge in [-0.05, 0) is 18.2 Å². The molecule has 6 heteroatoms. The number of hydrogen-bond acceptors (Lipinski definition) is 4. The van der Waals surface area contributed by atoms with Crippen molar-refractivity contribution in [3.8, 4) is 11.4 Å². The Balaban J connectivity index is 2.20. The Morgan fingerprint density at radius 2 is 2.18 bits per heavy atom. The SMILES string of the molecule is Nc1ccc(-c2nc3ncncc3[nH]2)c(Cl)c1. The molecule has 17 heavy (non-hydrogen) atoms. The van der Waals surface area contributed by atoms with E-state index in [1.54, 1.807) is 18.3 Å². The zero-order chi connectivity index (χ0) is 11.8. The number of imidazole rings is 1. The Labute approximate surface area is 102 Å². The quantitative estimate of drug-likeness (QED) is 0.645. The smallest absolute Gasteiger partial charge is 0.181 e. The van der Waals surface area contributed by atoms with Gasteiger partial charge >= 0.3 is 0 Å². The fourth-order valence-electron chi connectivity index (χ4n) is 1.61. The van der Waals surface area contributed by atoms with Crippen molar-refractivity contribution in [2.45, 2.75) is 0 Å². The topological polar surface area (TPSA) is 80.5 Å². The molecule has 0 aliphatic rings. The van der Waals surface area contributed by atoms with Crippen LogP contribution in [0.15, 0.2) is 30.7 Å². The molecule has 1 aromatic carbocycles. The molecule has 0 aliphatic heterocycles. The summed E-state index contributed by atoms with van der Waals surface area (Å²) < 4.78 is 0. The third kappa shape index (κ3) is 1.70. The molecule has 2 aromatic heterocycles. The third-order valence-electron chi connectivity index (χ3n) is 2.41. The van der Waals surface area contributed by atoms with Crippen molar-refractivity contribution in [2.75, 3.05) is 5.73 Å². The molecule has 3 rings (SSSR count). The van der Waals surface area contributed by atoms with Crippen molar-refractivity contribution >= 4 is 28.5 Å². The molecule has 0 spiro atoms. The summed E-state index contributed by atoms with van der Waals surface area (Å²) in [5.74, 6) is 0.658. The lowest BCUT2D eigenvalue weighted by molar-refractivity contribution is 1.20. The summed E-state index contributed by atoms with van der Waals surface area (Å²) in [6.07, 6.45) is 3.13. The number of aromatic nitrogens is 4. The maximum Gasteiger partial charge on any atom is 0.181 e. The van der Waals surface area contributed by atoms with Gasteiger partial charge in [-0.15, -0.1) is 0 Å². The predicted molar refractivity (Wildman–Crippen MR) is 66.5 cm³/mol. The van der Waals surface area contributed by atoms with Crippen molar-refractivity contribution in [1.82, 2.24) is 19.9 Å². The van der Waals surface area contributed by atoms with Crippen molar-refractivity contribution in [3.63, 3.8) is 0 Å². The average molecular weight is 246 g/mol. The normalized spacial score (nSPS) is 10.9. The number of hydrogen-bond donors (Lipinski definition) is 2. The van der Waals surface area contributed by atoms with E-state index in [1.807, 2.05) is 6.07 Å². The van der Waals surface area contributed by atoms with Gasteiger partial charge in [0.05, 0.1) is 11.2 Å². The summed E-state index contributed by atoms with van der Waals surface area (Å²) >= 11 is 6.12. The van der Waals surface area contributed by atoms with E-state index >= 15 is 0 Å². The highest BCUT2D eigenvalue weighted by Crippen LogP contribution is 2.28. The molecule has 0 aliphatic carbocycles. The van der Waals surface area contributed by atoms with Gasteiger partial charge < -0.3 is 10.7 Å². The van der Waals surface area contributed by atoms with E-state index < -0.39 is 0 Å². The molecule has 84 valence electrons. The first-order valence-corrected chi connectivity index (χ1v) is 5.33. The number of nitrogen functional groups attached to an aromatic ring is 1. The minimum Gasteiger partial charge on any atom is -0.399 e. The fourth-order valence-corrected chi connectivity index (χ4v) is 1.89. The van der Waals surface area contributed by atoms with Crippen molar-refractivity contribution in [1.29, 1.82) is 0 Å². The van der Waals surface area contributed by atoms with Crippen LogP contribution in [0.25, 0.3) is 22.6 Å². The molecule has 0 unspecified atom stereocenters. The lowest BCUT2D eigenvalue weighted by atomic mass is 10.2. The molecule has 0 radical (unpaired) electrons. The summed E-state index contributed by atoms with van der Waals surface area (Å²) in [6, 6.07) is 5.29. The van der Waals surface area contributed by atoms with E-state index in [4.69, 9.17) is 17.3 Å². The first kappa shape index (κ1) is 10.0. The molecule has 0 atom stereocenters. The predicted octanol–water partition coefficient (Wildman–Crippen LogP) is 2.26. The highest BCUT2D eigenvalue weighted by molar-refractivity contribution is 6.33. The molecule has 0 saturated heterocycles. The van der Waals surface area contributed by atoms with Gasteiger partial charge in [0.1, 0.15) is 17.7 Å². The van der Waals surface area contributed by atoms with Crippen LogP contribution in [0, 0.1) is 0 Å². The second kappa shape index (κ2) is 3.71. The van der Waals surface area contributed by atoms with E-state index in [9.17, 15) is 0 Å². The minimum atomic E-state index is 0.553. The average Bonchev–Trinajstić information content (AvgIpc) is 2.72. The van der Waals surface area contributed by atoms with Crippen LogP contribution < -0.4 is 5.73 Å². The summed E-state index contributed by atoms with van der Waals surface area (Å²) in [6.45, 7) is 0. The Morgan fingerprint density at radius 1 is 1.29 bits per heavy atom. The van der Waals surface area contributed by atoms with Crippen molar-refractivity contribution in [3.05, 3.63) is 35.7 Å². The van der Waals surface area contributed by atoms with E-state index in [0.29, 0.717) is 22.2 Å². The summed E-state index contributed by atoms with van der Waals surface area (Å²) in [5.41, 5.74) is 8.44. The molecular formula is C11H8ClN5. The van der Waals surface area contributed by atoms with Gasteiger partial charge in [-0.1, -0.05) is 11.6 Å². The number of aromatic amines is 1. The number of nitrogens with two attached hydrogens (primary N) is 1. The number of halogens is 1. The Kier molecular flexibility index (Phi) is 2.19. The second-order valence-electron chi connectivity index (χ2n) is 3.58. The largest absolute Gasteiger partial charge is 0.399 e. The molecular weight excluding hydrogens is 238 g/mol. The summed E-state index contributed by atoms with van der Waals surface area (Å²) in [5, 5.41) is 0.553. The van der Waals surface area contributed by atoms with Crippen molar-refractivity contribution < 1.29 is 0 Å². The zero-order valence-electron chi connectivity index (χ0n) is 8.68. The van der Waals surface area contributed by atoms with Crippen LogP contribution in [0.4, 0.5) is 5.69 Å². The van der Waals surface area contributed by atoms with E-state index in [2.05, 4.69) is 19.9 Å². The van der Waals surface area contributed by atoms with Crippen LogP contribution in [-0.4, -0.2) is 19.9 Å². The monoisotopic (exact) mass is 245 g/mol. The van der Waals surface area contributed by atoms with Gasteiger partial charge in [0.25, 0.3) is 0 Å². The van der Waals surface area contributed by atoms with E-state index in [-0.39, 0.29) is 0 Å². The number of anilines is 1. The van der Waals surface area contributed by atoms with E-state index in [1.165, 1.54) is 6.33 Å². The second-order valence-corrected chi connectivity index (χ2v) is 3.99. The van der Waals surface area contributed by atoms with Gasteiger partial charge in [0.15, 0.2) is 5.65 Å². The third-order valence-corrected chi connectivity index (χ3v) is 2.72. The highest BCUT2D eigenvalue weighted by Gasteiger charge is 2.09. The summed E-state index contributed by atoms with van der Waals surface area (Å²) in [4.78, 5) is 15.4. The standard InChI is InChI=1S/C11H8ClN5/c12-8-3-6(13)1-2-7(8)10-16-9-4-14-5-15-11(9)17-10/h1-5H,13H2,(H,14,15,16,17). The molecule has 0 amide bonds. The molecule has 0 fully saturated rings. The van der Waals surface area contributed by atoms with Crippen LogP contribution in [-0.2, 0) is 0 Å². The minimum absolute atomic E-state index is 0.553. The van der Waals surface area contributed by atoms with Crippen LogP contribution in [0.1, 0.15) is 0 Å². The maximum atomic E-state index is 6.12. The molecule has 0 bridgehead atoms. The fraction of sp³-hybridized carbons (Fsp3) is 0. The van der Waals surface area contributed by atoms with Crippen molar-refractivity contribution in [2.24, 2.45) is 0 Å². The molecule has 3 N–H and O–H groups in total. The highest BCUT2D eigenvalue weighted by atomic mass is 35.5. The molecule has 0 saturated carbocycles. The van der Waals surface area contributed by atoms with Gasteiger partial charge in [-0.2, -0.15) is 0 Å². The number of rotatable bonds is 1. The van der Waals surface area contributed by atoms with Gasteiger partial charge in [0, 0.05) is 11.3 Å².